The average molecular weight is 733 g/mol. The van der Waals surface area contributed by atoms with Crippen LogP contribution >= 0.6 is 0 Å². The first-order valence-electron chi connectivity index (χ1n) is 20.5. The molecule has 1 unspecified atom stereocenters. The van der Waals surface area contributed by atoms with E-state index in [-0.39, 0.29) is 88.8 Å². The summed E-state index contributed by atoms with van der Waals surface area (Å²) >= 11 is 0. The summed E-state index contributed by atoms with van der Waals surface area (Å²) in [5, 5.41) is 20.2. The van der Waals surface area contributed by atoms with Gasteiger partial charge in [0.15, 0.2) is 5.79 Å². The highest BCUT2D eigenvalue weighted by Crippen LogP contribution is 2.52. The molecular formula is C44H76O8. The molecule has 0 aromatic heterocycles. The minimum atomic E-state index is -1.07. The number of aliphatic hydroxyl groups is 2. The SMILES string of the molecule is C/C=C\[C@H](C)[C@H]1O[C@]1(C)[C@@H](C)[C@@H](CC)C(=O)[C@@H]1COC(O)(CC)C[C@@H]1C.C/C=C\[C@H](C)[C@H]1O[C@]1(C)[C@@H](C)[C@@H](CC)C(=O)[C@H](CO)[C@@H](C)CC(=O)CC. The van der Waals surface area contributed by atoms with E-state index >= 15 is 0 Å². The highest BCUT2D eigenvalue weighted by atomic mass is 16.6. The quantitative estimate of drug-likeness (QED) is 0.0942. The van der Waals surface area contributed by atoms with E-state index in [1.165, 1.54) is 0 Å². The second-order valence-corrected chi connectivity index (χ2v) is 16.9. The van der Waals surface area contributed by atoms with Crippen molar-refractivity contribution in [3.05, 3.63) is 24.3 Å². The number of allylic oxidation sites excluding steroid dienone is 2. The molecule has 0 bridgehead atoms. The van der Waals surface area contributed by atoms with Gasteiger partial charge in [-0.25, -0.2) is 0 Å². The number of carbonyl (C=O) groups excluding carboxylic acids is 3. The van der Waals surface area contributed by atoms with Crippen LogP contribution in [0.15, 0.2) is 24.3 Å². The van der Waals surface area contributed by atoms with Crippen LogP contribution in [-0.4, -0.2) is 70.0 Å². The van der Waals surface area contributed by atoms with Gasteiger partial charge in [-0.15, -0.1) is 0 Å². The molecule has 0 aliphatic carbocycles. The number of rotatable bonds is 20. The van der Waals surface area contributed by atoms with Crippen molar-refractivity contribution in [1.82, 2.24) is 0 Å². The van der Waals surface area contributed by atoms with Crippen LogP contribution in [0.2, 0.25) is 0 Å². The van der Waals surface area contributed by atoms with Gasteiger partial charge in [-0.05, 0) is 70.6 Å². The van der Waals surface area contributed by atoms with Gasteiger partial charge in [0, 0.05) is 54.8 Å². The molecular weight excluding hydrogens is 656 g/mol. The molecule has 0 radical (unpaired) electrons. The van der Waals surface area contributed by atoms with E-state index in [1.807, 2.05) is 47.6 Å². The average Bonchev–Trinajstić information content (AvgIpc) is 4.00. The summed E-state index contributed by atoms with van der Waals surface area (Å²) in [6, 6.07) is 0. The van der Waals surface area contributed by atoms with Crippen LogP contribution in [0, 0.1) is 59.2 Å². The lowest BCUT2D eigenvalue weighted by Crippen LogP contribution is -2.48. The van der Waals surface area contributed by atoms with Crippen molar-refractivity contribution in [3.63, 3.8) is 0 Å². The van der Waals surface area contributed by atoms with E-state index in [0.29, 0.717) is 50.5 Å². The van der Waals surface area contributed by atoms with Gasteiger partial charge >= 0.3 is 0 Å². The summed E-state index contributed by atoms with van der Waals surface area (Å²) in [5.74, 6) is -0.484. The molecule has 3 saturated heterocycles. The number of aliphatic hydroxyl groups excluding tert-OH is 1. The number of Topliss-reactive ketones (excluding diaryl/α,β-unsaturated/α-hetero) is 3. The fourth-order valence-corrected chi connectivity index (χ4v) is 9.15. The third kappa shape index (κ3) is 10.7. The Kier molecular flexibility index (Phi) is 17.6. The molecule has 0 aromatic rings. The molecule has 0 amide bonds. The van der Waals surface area contributed by atoms with Gasteiger partial charge in [-0.1, -0.05) is 93.5 Å². The minimum Gasteiger partial charge on any atom is -0.396 e. The Balaban J connectivity index is 0.000000360. The maximum atomic E-state index is 13.3. The normalized spacial score (nSPS) is 34.7. The van der Waals surface area contributed by atoms with E-state index in [9.17, 15) is 24.6 Å². The first-order valence-corrected chi connectivity index (χ1v) is 20.5. The van der Waals surface area contributed by atoms with Crippen LogP contribution in [0.3, 0.4) is 0 Å². The zero-order chi connectivity index (χ0) is 39.8. The number of epoxide rings is 2. The Labute approximate surface area is 316 Å². The summed E-state index contributed by atoms with van der Waals surface area (Å²) in [7, 11) is 0. The molecule has 2 N–H and O–H groups in total. The monoisotopic (exact) mass is 733 g/mol. The van der Waals surface area contributed by atoms with Crippen molar-refractivity contribution < 1.29 is 38.8 Å². The largest absolute Gasteiger partial charge is 0.396 e. The molecule has 0 spiro atoms. The molecule has 0 aromatic carbocycles. The van der Waals surface area contributed by atoms with E-state index in [1.54, 1.807) is 0 Å². The molecule has 3 fully saturated rings. The van der Waals surface area contributed by atoms with Crippen LogP contribution in [-0.2, 0) is 28.6 Å². The van der Waals surface area contributed by atoms with Gasteiger partial charge in [0.25, 0.3) is 0 Å². The topological polar surface area (TPSA) is 126 Å². The molecule has 3 aliphatic heterocycles. The first kappa shape index (κ1) is 46.4. The van der Waals surface area contributed by atoms with E-state index in [2.05, 4.69) is 73.6 Å². The van der Waals surface area contributed by atoms with Gasteiger partial charge in [0.05, 0.1) is 36.6 Å². The third-order valence-corrected chi connectivity index (χ3v) is 13.3. The molecule has 15 atom stereocenters. The van der Waals surface area contributed by atoms with E-state index in [4.69, 9.17) is 14.2 Å². The first-order chi connectivity index (χ1) is 24.3. The van der Waals surface area contributed by atoms with Crippen molar-refractivity contribution in [3.8, 4) is 0 Å². The fourth-order valence-electron chi connectivity index (χ4n) is 9.15. The van der Waals surface area contributed by atoms with Crippen LogP contribution in [0.4, 0.5) is 0 Å². The van der Waals surface area contributed by atoms with Crippen molar-refractivity contribution in [2.24, 2.45) is 59.2 Å². The molecule has 52 heavy (non-hydrogen) atoms. The van der Waals surface area contributed by atoms with Gasteiger partial charge in [-0.2, -0.15) is 0 Å². The lowest BCUT2D eigenvalue weighted by atomic mass is 9.71. The Morgan fingerprint density at radius 3 is 1.67 bits per heavy atom. The summed E-state index contributed by atoms with van der Waals surface area (Å²) in [4.78, 5) is 38.3. The highest BCUT2D eigenvalue weighted by Gasteiger charge is 2.61. The van der Waals surface area contributed by atoms with Crippen molar-refractivity contribution in [2.45, 2.75) is 165 Å². The zero-order valence-electron chi connectivity index (χ0n) is 35.2. The molecule has 0 saturated carbocycles. The Morgan fingerprint density at radius 2 is 1.29 bits per heavy atom. The van der Waals surface area contributed by atoms with E-state index < -0.39 is 11.7 Å². The van der Waals surface area contributed by atoms with Crippen molar-refractivity contribution >= 4 is 17.3 Å². The smallest absolute Gasteiger partial charge is 0.165 e. The third-order valence-electron chi connectivity index (χ3n) is 13.3. The van der Waals surface area contributed by atoms with Crippen molar-refractivity contribution in [1.29, 1.82) is 0 Å². The van der Waals surface area contributed by atoms with Crippen LogP contribution in [0.25, 0.3) is 0 Å². The summed E-state index contributed by atoms with van der Waals surface area (Å²) in [6.45, 7) is 28.8. The van der Waals surface area contributed by atoms with E-state index in [0.717, 1.165) is 6.42 Å². The van der Waals surface area contributed by atoms with Crippen LogP contribution in [0.5, 0.6) is 0 Å². The molecule has 300 valence electrons. The van der Waals surface area contributed by atoms with Gasteiger partial charge in [0.2, 0.25) is 0 Å². The highest BCUT2D eigenvalue weighted by molar-refractivity contribution is 5.86. The molecule has 3 heterocycles. The zero-order valence-corrected chi connectivity index (χ0v) is 35.2. The van der Waals surface area contributed by atoms with Crippen LogP contribution < -0.4 is 0 Å². The van der Waals surface area contributed by atoms with Crippen LogP contribution in [0.1, 0.15) is 135 Å². The summed E-state index contributed by atoms with van der Waals surface area (Å²) in [5.41, 5.74) is -0.546. The maximum absolute atomic E-state index is 13.3. The summed E-state index contributed by atoms with van der Waals surface area (Å²) in [6.07, 6.45) is 12.2. The number of ketones is 3. The predicted molar refractivity (Wildman–Crippen MR) is 209 cm³/mol. The van der Waals surface area contributed by atoms with Gasteiger partial charge in [0.1, 0.15) is 17.3 Å². The lowest BCUT2D eigenvalue weighted by Gasteiger charge is -2.41. The molecule has 8 nitrogen and oxygen atoms in total. The molecule has 3 rings (SSSR count). The number of hydrogen-bond acceptors (Lipinski definition) is 8. The van der Waals surface area contributed by atoms with Crippen molar-refractivity contribution in [2.75, 3.05) is 13.2 Å². The molecule has 8 heteroatoms. The second-order valence-electron chi connectivity index (χ2n) is 16.9. The Bertz CT molecular complexity index is 1230. The maximum Gasteiger partial charge on any atom is 0.165 e. The standard InChI is InChI=1S/2C22H38O4/c1-8-11-14(4)20-21(7,26-20)16(6)17(9-2)19(23)18-13-25-22(24,10-3)12-15(18)5;1-8-11-14(4)21-22(7,26-21)16(6)18(10-3)20(25)19(13-23)15(5)12-17(24)9-2/h8,11,14-18,20,24H,9-10,12-13H2,1-7H3;8,11,14-16,18-19,21,23H,9-10,12-13H2,1-7H3/b2*11-8-/t14-,15-,16-,17+,18+,20+,21+,22?;14-,15-,16-,18+,19+,21+,22+/m00/s1. The minimum absolute atomic E-state index is 0.0355. The second kappa shape index (κ2) is 19.7. The lowest BCUT2D eigenvalue weighted by molar-refractivity contribution is -0.247. The number of carbonyl (C=O) groups is 3. The van der Waals surface area contributed by atoms with Gasteiger partial charge < -0.3 is 24.4 Å². The van der Waals surface area contributed by atoms with Gasteiger partial charge in [-0.3, -0.25) is 14.4 Å². The predicted octanol–water partition coefficient (Wildman–Crippen LogP) is 8.56. The Morgan fingerprint density at radius 1 is 0.808 bits per heavy atom. The number of ether oxygens (including phenoxy) is 3. The summed E-state index contributed by atoms with van der Waals surface area (Å²) < 4.78 is 17.8. The Hall–Kier alpha value is -1.71. The fraction of sp³-hybridized carbons (Fsp3) is 0.841. The molecule has 3 aliphatic rings. The number of hydrogen-bond donors (Lipinski definition) is 2.